The SMILES string of the molecule is COc1cc(C(C)(C)C)c(OC)cc1C(C)C(=O)O. The quantitative estimate of drug-likeness (QED) is 0.909. The Hall–Kier alpha value is -1.71. The number of hydrogen-bond acceptors (Lipinski definition) is 3. The Morgan fingerprint density at radius 2 is 1.68 bits per heavy atom. The Bertz CT molecular complexity index is 472. The largest absolute Gasteiger partial charge is 0.496 e. The number of carbonyl (C=O) groups is 1. The first-order valence-electron chi connectivity index (χ1n) is 6.21. The van der Waals surface area contributed by atoms with Gasteiger partial charge in [0.05, 0.1) is 20.1 Å². The van der Waals surface area contributed by atoms with Gasteiger partial charge in [-0.2, -0.15) is 0 Å². The van der Waals surface area contributed by atoms with Crippen LogP contribution in [0.3, 0.4) is 0 Å². The molecule has 4 nitrogen and oxygen atoms in total. The van der Waals surface area contributed by atoms with Crippen LogP contribution < -0.4 is 9.47 Å². The number of hydrogen-bond donors (Lipinski definition) is 1. The predicted octanol–water partition coefficient (Wildman–Crippen LogP) is 3.19. The van der Waals surface area contributed by atoms with Crippen molar-refractivity contribution in [3.8, 4) is 11.5 Å². The number of methoxy groups -OCH3 is 2. The van der Waals surface area contributed by atoms with Gasteiger partial charge in [-0.3, -0.25) is 4.79 Å². The Morgan fingerprint density at radius 1 is 1.16 bits per heavy atom. The Morgan fingerprint density at radius 3 is 2.05 bits per heavy atom. The van der Waals surface area contributed by atoms with E-state index >= 15 is 0 Å². The van der Waals surface area contributed by atoms with Crippen LogP contribution in [-0.2, 0) is 10.2 Å². The molecule has 1 unspecified atom stereocenters. The maximum Gasteiger partial charge on any atom is 0.310 e. The van der Waals surface area contributed by atoms with E-state index in [0.29, 0.717) is 17.1 Å². The van der Waals surface area contributed by atoms with E-state index in [2.05, 4.69) is 20.8 Å². The average molecular weight is 266 g/mol. The minimum Gasteiger partial charge on any atom is -0.496 e. The van der Waals surface area contributed by atoms with Gasteiger partial charge in [0.15, 0.2) is 0 Å². The first kappa shape index (κ1) is 15.3. The maximum atomic E-state index is 11.2. The van der Waals surface area contributed by atoms with Gasteiger partial charge in [0.2, 0.25) is 0 Å². The van der Waals surface area contributed by atoms with E-state index in [1.54, 1.807) is 27.2 Å². The van der Waals surface area contributed by atoms with E-state index in [1.807, 2.05) is 6.07 Å². The fourth-order valence-electron chi connectivity index (χ4n) is 1.98. The van der Waals surface area contributed by atoms with Crippen LogP contribution in [0, 0.1) is 0 Å². The smallest absolute Gasteiger partial charge is 0.310 e. The van der Waals surface area contributed by atoms with Gasteiger partial charge in [0, 0.05) is 11.1 Å². The molecule has 1 atom stereocenters. The van der Waals surface area contributed by atoms with Gasteiger partial charge in [-0.05, 0) is 24.5 Å². The normalized spacial score (nSPS) is 12.9. The van der Waals surface area contributed by atoms with Crippen LogP contribution in [0.5, 0.6) is 11.5 Å². The van der Waals surface area contributed by atoms with Gasteiger partial charge in [0.1, 0.15) is 11.5 Å². The molecule has 1 aromatic carbocycles. The minimum atomic E-state index is -0.885. The highest BCUT2D eigenvalue weighted by Gasteiger charge is 2.25. The molecule has 0 amide bonds. The summed E-state index contributed by atoms with van der Waals surface area (Å²) in [6.07, 6.45) is 0. The van der Waals surface area contributed by atoms with Crippen LogP contribution in [0.25, 0.3) is 0 Å². The van der Waals surface area contributed by atoms with Crippen LogP contribution in [0.2, 0.25) is 0 Å². The minimum absolute atomic E-state index is 0.108. The lowest BCUT2D eigenvalue weighted by Gasteiger charge is -2.25. The zero-order valence-electron chi connectivity index (χ0n) is 12.4. The summed E-state index contributed by atoms with van der Waals surface area (Å²) in [4.78, 5) is 11.2. The third kappa shape index (κ3) is 3.19. The van der Waals surface area contributed by atoms with Gasteiger partial charge in [-0.15, -0.1) is 0 Å². The number of carboxylic acid groups (broad SMARTS) is 1. The van der Waals surface area contributed by atoms with E-state index in [0.717, 1.165) is 5.56 Å². The van der Waals surface area contributed by atoms with Crippen LogP contribution in [0.4, 0.5) is 0 Å². The summed E-state index contributed by atoms with van der Waals surface area (Å²) in [6.45, 7) is 7.86. The first-order valence-corrected chi connectivity index (χ1v) is 6.21. The molecule has 0 spiro atoms. The van der Waals surface area contributed by atoms with Crippen molar-refractivity contribution in [1.82, 2.24) is 0 Å². The second-order valence-corrected chi connectivity index (χ2v) is 5.60. The summed E-state index contributed by atoms with van der Waals surface area (Å²) < 4.78 is 10.7. The number of rotatable bonds is 4. The maximum absolute atomic E-state index is 11.2. The molecular weight excluding hydrogens is 244 g/mol. The summed E-state index contributed by atoms with van der Waals surface area (Å²) >= 11 is 0. The van der Waals surface area contributed by atoms with Crippen molar-refractivity contribution in [3.05, 3.63) is 23.3 Å². The molecule has 19 heavy (non-hydrogen) atoms. The van der Waals surface area contributed by atoms with E-state index < -0.39 is 11.9 Å². The Labute approximate surface area is 114 Å². The van der Waals surface area contributed by atoms with E-state index in [1.165, 1.54) is 0 Å². The van der Waals surface area contributed by atoms with Crippen molar-refractivity contribution in [2.45, 2.75) is 39.0 Å². The van der Waals surface area contributed by atoms with Crippen molar-refractivity contribution < 1.29 is 19.4 Å². The van der Waals surface area contributed by atoms with E-state index in [9.17, 15) is 4.79 Å². The topological polar surface area (TPSA) is 55.8 Å². The molecule has 4 heteroatoms. The van der Waals surface area contributed by atoms with E-state index in [4.69, 9.17) is 14.6 Å². The summed E-state index contributed by atoms with van der Waals surface area (Å²) in [5.74, 6) is -0.251. The second-order valence-electron chi connectivity index (χ2n) is 5.60. The second kappa shape index (κ2) is 5.51. The number of carboxylic acids is 1. The Kier molecular flexibility index (Phi) is 4.45. The van der Waals surface area contributed by atoms with Crippen molar-refractivity contribution >= 4 is 5.97 Å². The van der Waals surface area contributed by atoms with Gasteiger partial charge < -0.3 is 14.6 Å². The molecule has 0 aliphatic rings. The summed E-state index contributed by atoms with van der Waals surface area (Å²) in [7, 11) is 3.14. The van der Waals surface area contributed by atoms with Crippen LogP contribution >= 0.6 is 0 Å². The molecule has 0 saturated carbocycles. The molecule has 0 aliphatic carbocycles. The summed E-state index contributed by atoms with van der Waals surface area (Å²) in [5, 5.41) is 9.15. The molecule has 1 N–H and O–H groups in total. The highest BCUT2D eigenvalue weighted by atomic mass is 16.5. The fourth-order valence-corrected chi connectivity index (χ4v) is 1.98. The number of ether oxygens (including phenoxy) is 2. The Balaban J connectivity index is 3.48. The fraction of sp³-hybridized carbons (Fsp3) is 0.533. The van der Waals surface area contributed by atoms with Crippen molar-refractivity contribution in [2.24, 2.45) is 0 Å². The molecule has 0 aliphatic heterocycles. The highest BCUT2D eigenvalue weighted by Crippen LogP contribution is 2.39. The van der Waals surface area contributed by atoms with Crippen LogP contribution in [0.1, 0.15) is 44.7 Å². The molecule has 1 rings (SSSR count). The molecule has 1 aromatic rings. The highest BCUT2D eigenvalue weighted by molar-refractivity contribution is 5.77. The first-order chi connectivity index (χ1) is 8.72. The van der Waals surface area contributed by atoms with Gasteiger partial charge in [-0.25, -0.2) is 0 Å². The lowest BCUT2D eigenvalue weighted by Crippen LogP contribution is -2.15. The van der Waals surface area contributed by atoms with Gasteiger partial charge in [0.25, 0.3) is 0 Å². The van der Waals surface area contributed by atoms with Crippen LogP contribution in [-0.4, -0.2) is 25.3 Å². The van der Waals surface area contributed by atoms with Gasteiger partial charge >= 0.3 is 5.97 Å². The predicted molar refractivity (Wildman–Crippen MR) is 74.3 cm³/mol. The van der Waals surface area contributed by atoms with Crippen molar-refractivity contribution in [3.63, 3.8) is 0 Å². The molecule has 0 fully saturated rings. The molecule has 0 saturated heterocycles. The zero-order valence-corrected chi connectivity index (χ0v) is 12.4. The number of benzene rings is 1. The third-order valence-corrected chi connectivity index (χ3v) is 3.20. The number of aliphatic carboxylic acids is 1. The molecular formula is C15H22O4. The van der Waals surface area contributed by atoms with Crippen molar-refractivity contribution in [1.29, 1.82) is 0 Å². The van der Waals surface area contributed by atoms with Crippen molar-refractivity contribution in [2.75, 3.05) is 14.2 Å². The van der Waals surface area contributed by atoms with Gasteiger partial charge in [-0.1, -0.05) is 20.8 Å². The summed E-state index contributed by atoms with van der Waals surface area (Å²) in [5.41, 5.74) is 1.51. The monoisotopic (exact) mass is 266 g/mol. The van der Waals surface area contributed by atoms with E-state index in [-0.39, 0.29) is 5.41 Å². The van der Waals surface area contributed by atoms with Crippen LogP contribution in [0.15, 0.2) is 12.1 Å². The summed E-state index contributed by atoms with van der Waals surface area (Å²) in [6, 6.07) is 3.63. The molecule has 0 radical (unpaired) electrons. The lowest BCUT2D eigenvalue weighted by atomic mass is 9.84. The zero-order chi connectivity index (χ0) is 14.8. The molecule has 0 heterocycles. The molecule has 0 aromatic heterocycles. The lowest BCUT2D eigenvalue weighted by molar-refractivity contribution is -0.138. The average Bonchev–Trinajstić information content (AvgIpc) is 2.34. The third-order valence-electron chi connectivity index (χ3n) is 3.20. The molecule has 0 bridgehead atoms. The molecule has 106 valence electrons. The standard InChI is InChI=1S/C15H22O4/c1-9(14(16)17)10-7-13(19-6)11(15(2,3)4)8-12(10)18-5/h7-9H,1-6H3,(H,16,17).